The number of carboxylic acid groups (broad SMARTS) is 1. The smallest absolute Gasteiger partial charge is 0.337 e. The molecule has 0 aliphatic rings. The summed E-state index contributed by atoms with van der Waals surface area (Å²) in [6, 6.07) is 12.8. The molecule has 1 aromatic heterocycles. The fraction of sp³-hybridized carbons (Fsp3) is 0.118. The van der Waals surface area contributed by atoms with Crippen LogP contribution < -0.4 is 10.1 Å². The summed E-state index contributed by atoms with van der Waals surface area (Å²) in [6.07, 6.45) is 0. The lowest BCUT2D eigenvalue weighted by Crippen LogP contribution is -2.03. The first-order valence-corrected chi connectivity index (χ1v) is 6.84. The Hall–Kier alpha value is -2.95. The van der Waals surface area contributed by atoms with E-state index in [-0.39, 0.29) is 5.56 Å². The van der Waals surface area contributed by atoms with E-state index in [1.807, 2.05) is 31.2 Å². The van der Waals surface area contributed by atoms with Crippen LogP contribution in [0.4, 0.5) is 11.4 Å². The molecule has 0 bridgehead atoms. The number of fused-ring (bicyclic) bond motifs is 1. The van der Waals surface area contributed by atoms with Crippen LogP contribution in [0.2, 0.25) is 0 Å². The monoisotopic (exact) mass is 296 g/mol. The second kappa shape index (κ2) is 5.44. The van der Waals surface area contributed by atoms with Gasteiger partial charge in [-0.25, -0.2) is 4.79 Å². The third kappa shape index (κ3) is 2.61. The molecule has 5 heteroatoms. The number of aryl methyl sites for hydroxylation is 1. The van der Waals surface area contributed by atoms with Crippen molar-refractivity contribution in [2.24, 2.45) is 0 Å². The first kappa shape index (κ1) is 14.0. The van der Waals surface area contributed by atoms with E-state index in [4.69, 9.17) is 4.74 Å². The molecule has 0 saturated heterocycles. The molecule has 112 valence electrons. The van der Waals surface area contributed by atoms with Crippen molar-refractivity contribution in [2.75, 3.05) is 12.4 Å². The molecule has 0 aliphatic heterocycles. The number of aromatic carboxylic acids is 1. The van der Waals surface area contributed by atoms with Crippen LogP contribution in [0.15, 0.2) is 42.5 Å². The Morgan fingerprint density at radius 1 is 1.18 bits per heavy atom. The standard InChI is InChI=1S/C17H16N2O3/c1-10-7-11-8-12(3-5-15(11)18-10)19-16-6-4-13(22-2)9-14(16)17(20)21/h3-9,18-19H,1-2H3,(H,20,21). The molecule has 22 heavy (non-hydrogen) atoms. The average Bonchev–Trinajstić information content (AvgIpc) is 2.86. The molecule has 0 atom stereocenters. The maximum atomic E-state index is 11.4. The Bertz CT molecular complexity index is 852. The molecule has 0 saturated carbocycles. The van der Waals surface area contributed by atoms with Gasteiger partial charge in [-0.05, 0) is 49.4 Å². The molecule has 0 aliphatic carbocycles. The largest absolute Gasteiger partial charge is 0.497 e. The molecule has 3 N–H and O–H groups in total. The summed E-state index contributed by atoms with van der Waals surface area (Å²) in [5, 5.41) is 13.6. The van der Waals surface area contributed by atoms with Gasteiger partial charge in [-0.15, -0.1) is 0 Å². The van der Waals surface area contributed by atoms with Crippen LogP contribution in [0.3, 0.4) is 0 Å². The Morgan fingerprint density at radius 3 is 2.73 bits per heavy atom. The van der Waals surface area contributed by atoms with Gasteiger partial charge in [0.15, 0.2) is 0 Å². The minimum Gasteiger partial charge on any atom is -0.497 e. The van der Waals surface area contributed by atoms with E-state index in [0.29, 0.717) is 11.4 Å². The number of methoxy groups -OCH3 is 1. The summed E-state index contributed by atoms with van der Waals surface area (Å²) in [5.74, 6) is -0.486. The van der Waals surface area contributed by atoms with Gasteiger partial charge in [-0.2, -0.15) is 0 Å². The lowest BCUT2D eigenvalue weighted by Gasteiger charge is -2.11. The van der Waals surface area contributed by atoms with Crippen molar-refractivity contribution in [3.63, 3.8) is 0 Å². The van der Waals surface area contributed by atoms with Crippen LogP contribution in [0.1, 0.15) is 16.1 Å². The number of aromatic amines is 1. The Labute approximate surface area is 127 Å². The van der Waals surface area contributed by atoms with Gasteiger partial charge in [-0.1, -0.05) is 0 Å². The van der Waals surface area contributed by atoms with Crippen LogP contribution in [-0.4, -0.2) is 23.2 Å². The molecular formula is C17H16N2O3. The van der Waals surface area contributed by atoms with E-state index in [0.717, 1.165) is 22.3 Å². The molecule has 0 spiro atoms. The van der Waals surface area contributed by atoms with Crippen molar-refractivity contribution < 1.29 is 14.6 Å². The molecule has 3 rings (SSSR count). The number of H-pyrrole nitrogens is 1. The van der Waals surface area contributed by atoms with Crippen LogP contribution in [-0.2, 0) is 0 Å². The highest BCUT2D eigenvalue weighted by Crippen LogP contribution is 2.27. The van der Waals surface area contributed by atoms with Crippen LogP contribution in [0.5, 0.6) is 5.75 Å². The number of nitrogens with one attached hydrogen (secondary N) is 2. The first-order valence-electron chi connectivity index (χ1n) is 6.84. The van der Waals surface area contributed by atoms with Crippen LogP contribution >= 0.6 is 0 Å². The Morgan fingerprint density at radius 2 is 2.00 bits per heavy atom. The second-order valence-electron chi connectivity index (χ2n) is 5.10. The fourth-order valence-electron chi connectivity index (χ4n) is 2.45. The molecule has 0 radical (unpaired) electrons. The van der Waals surface area contributed by atoms with Crippen molar-refractivity contribution in [3.05, 3.63) is 53.7 Å². The highest BCUT2D eigenvalue weighted by atomic mass is 16.5. The number of hydrogen-bond donors (Lipinski definition) is 3. The van der Waals surface area contributed by atoms with Gasteiger partial charge in [0.25, 0.3) is 0 Å². The number of carboxylic acids is 1. The maximum absolute atomic E-state index is 11.4. The van der Waals surface area contributed by atoms with E-state index in [1.54, 1.807) is 12.1 Å². The van der Waals surface area contributed by atoms with E-state index < -0.39 is 5.97 Å². The van der Waals surface area contributed by atoms with Crippen molar-refractivity contribution in [1.82, 2.24) is 4.98 Å². The van der Waals surface area contributed by atoms with Gasteiger partial charge in [-0.3, -0.25) is 0 Å². The third-order valence-corrected chi connectivity index (χ3v) is 3.49. The topological polar surface area (TPSA) is 74.3 Å². The van der Waals surface area contributed by atoms with Gasteiger partial charge in [0.1, 0.15) is 5.75 Å². The van der Waals surface area contributed by atoms with Gasteiger partial charge in [0.2, 0.25) is 0 Å². The molecule has 0 unspecified atom stereocenters. The second-order valence-corrected chi connectivity index (χ2v) is 5.10. The minimum absolute atomic E-state index is 0.171. The highest BCUT2D eigenvalue weighted by Gasteiger charge is 2.12. The normalized spacial score (nSPS) is 10.6. The number of ether oxygens (including phenoxy) is 1. The first-order chi connectivity index (χ1) is 10.6. The van der Waals surface area contributed by atoms with E-state index in [1.165, 1.54) is 13.2 Å². The molecule has 0 amide bonds. The molecule has 3 aromatic rings. The lowest BCUT2D eigenvalue weighted by molar-refractivity contribution is 0.0697. The van der Waals surface area contributed by atoms with Gasteiger partial charge < -0.3 is 20.1 Å². The molecule has 2 aromatic carbocycles. The Balaban J connectivity index is 1.98. The molecule has 5 nitrogen and oxygen atoms in total. The number of aromatic nitrogens is 1. The van der Waals surface area contributed by atoms with Crippen molar-refractivity contribution in [1.29, 1.82) is 0 Å². The summed E-state index contributed by atoms with van der Waals surface area (Å²) in [7, 11) is 1.51. The number of benzene rings is 2. The van der Waals surface area contributed by atoms with Crippen molar-refractivity contribution in [3.8, 4) is 5.75 Å². The predicted molar refractivity (Wildman–Crippen MR) is 86.3 cm³/mol. The van der Waals surface area contributed by atoms with Crippen LogP contribution in [0, 0.1) is 6.92 Å². The molecule has 1 heterocycles. The molecule has 0 fully saturated rings. The predicted octanol–water partition coefficient (Wildman–Crippen LogP) is 3.93. The average molecular weight is 296 g/mol. The SMILES string of the molecule is COc1ccc(Nc2ccc3[nH]c(C)cc3c2)c(C(=O)O)c1. The quantitative estimate of drug-likeness (QED) is 0.682. The number of carbonyl (C=O) groups is 1. The van der Waals surface area contributed by atoms with E-state index >= 15 is 0 Å². The fourth-order valence-corrected chi connectivity index (χ4v) is 2.45. The summed E-state index contributed by atoms with van der Waals surface area (Å²) in [5.41, 5.74) is 3.67. The number of hydrogen-bond acceptors (Lipinski definition) is 3. The summed E-state index contributed by atoms with van der Waals surface area (Å²) in [6.45, 7) is 2.00. The zero-order valence-electron chi connectivity index (χ0n) is 12.3. The minimum atomic E-state index is -1.00. The summed E-state index contributed by atoms with van der Waals surface area (Å²) < 4.78 is 5.08. The highest BCUT2D eigenvalue weighted by molar-refractivity contribution is 5.96. The van der Waals surface area contributed by atoms with Gasteiger partial charge in [0.05, 0.1) is 18.4 Å². The third-order valence-electron chi connectivity index (χ3n) is 3.49. The zero-order chi connectivity index (χ0) is 15.7. The van der Waals surface area contributed by atoms with Gasteiger partial charge in [0, 0.05) is 22.3 Å². The van der Waals surface area contributed by atoms with Crippen LogP contribution in [0.25, 0.3) is 10.9 Å². The maximum Gasteiger partial charge on any atom is 0.337 e. The van der Waals surface area contributed by atoms with Crippen molar-refractivity contribution >= 4 is 28.2 Å². The number of anilines is 2. The van der Waals surface area contributed by atoms with Crippen molar-refractivity contribution in [2.45, 2.75) is 6.92 Å². The van der Waals surface area contributed by atoms with Gasteiger partial charge >= 0.3 is 5.97 Å². The Kier molecular flexibility index (Phi) is 3.47. The zero-order valence-corrected chi connectivity index (χ0v) is 12.3. The molecular weight excluding hydrogens is 280 g/mol. The van der Waals surface area contributed by atoms with E-state index in [2.05, 4.69) is 10.3 Å². The lowest BCUT2D eigenvalue weighted by atomic mass is 10.1. The summed E-state index contributed by atoms with van der Waals surface area (Å²) in [4.78, 5) is 14.7. The number of rotatable bonds is 4. The van der Waals surface area contributed by atoms with E-state index in [9.17, 15) is 9.90 Å². The summed E-state index contributed by atoms with van der Waals surface area (Å²) >= 11 is 0.